The third-order valence-corrected chi connectivity index (χ3v) is 8.51. The molecule has 2 aliphatic heterocycles. The molecule has 2 aromatic carbocycles. The molecular formula is C26H30N4O5S. The zero-order chi connectivity index (χ0) is 25.0. The van der Waals surface area contributed by atoms with Gasteiger partial charge in [-0.05, 0) is 60.7 Å². The normalized spacial score (nSPS) is 19.7. The Hall–Kier alpha value is -3.05. The quantitative estimate of drug-likeness (QED) is 0.467. The van der Waals surface area contributed by atoms with Crippen molar-refractivity contribution in [2.45, 2.75) is 49.3 Å². The summed E-state index contributed by atoms with van der Waals surface area (Å²) in [7, 11) is -3.55. The Morgan fingerprint density at radius 3 is 2.53 bits per heavy atom. The van der Waals surface area contributed by atoms with Crippen molar-refractivity contribution in [1.82, 2.24) is 14.8 Å². The van der Waals surface area contributed by atoms with Crippen molar-refractivity contribution in [1.29, 1.82) is 0 Å². The third kappa shape index (κ3) is 5.67. The van der Waals surface area contributed by atoms with E-state index in [9.17, 15) is 13.2 Å². The number of carbonyl (C=O) groups is 1. The van der Waals surface area contributed by atoms with Gasteiger partial charge in [-0.15, -0.1) is 0 Å². The summed E-state index contributed by atoms with van der Waals surface area (Å²) >= 11 is 0. The molecule has 1 aromatic heterocycles. The molecule has 0 saturated carbocycles. The fourth-order valence-electron chi connectivity index (χ4n) is 4.52. The molecular weight excluding hydrogens is 480 g/mol. The molecule has 5 rings (SSSR count). The second kappa shape index (κ2) is 10.9. The molecule has 9 nitrogen and oxygen atoms in total. The maximum absolute atomic E-state index is 13.2. The van der Waals surface area contributed by atoms with Gasteiger partial charge in [0.1, 0.15) is 5.82 Å². The zero-order valence-electron chi connectivity index (χ0n) is 19.9. The number of benzene rings is 2. The molecule has 0 radical (unpaired) electrons. The zero-order valence-corrected chi connectivity index (χ0v) is 20.7. The molecule has 1 unspecified atom stereocenters. The van der Waals surface area contributed by atoms with Crippen LogP contribution in [0.4, 0.5) is 5.82 Å². The Balaban J connectivity index is 1.13. The van der Waals surface area contributed by atoms with Gasteiger partial charge in [-0.3, -0.25) is 4.79 Å². The Morgan fingerprint density at radius 1 is 1.00 bits per heavy atom. The van der Waals surface area contributed by atoms with E-state index < -0.39 is 16.3 Å². The number of nitrogens with zero attached hydrogens (tertiary/aromatic N) is 2. The van der Waals surface area contributed by atoms with E-state index in [1.807, 2.05) is 30.3 Å². The lowest BCUT2D eigenvalue weighted by Crippen LogP contribution is -2.42. The van der Waals surface area contributed by atoms with Gasteiger partial charge in [0.25, 0.3) is 5.91 Å². The molecule has 3 heterocycles. The van der Waals surface area contributed by atoms with Crippen molar-refractivity contribution in [2.24, 2.45) is 0 Å². The maximum atomic E-state index is 13.2. The summed E-state index contributed by atoms with van der Waals surface area (Å²) in [6, 6.07) is 16.5. The largest absolute Gasteiger partial charge is 0.367 e. The standard InChI is InChI=1S/C26H30N4O5S/c31-26(29-35-25-7-3-4-16-34-25)21-9-11-24(27-18-21)28-22-12-14-30(15-13-22)36(32,33)23-10-8-19-5-1-2-6-20(19)17-23/h1-2,5-6,8-11,17-18,22,25H,3-4,7,12-16H2,(H,27,28)(H,29,31). The number of hydrogen-bond acceptors (Lipinski definition) is 7. The molecule has 36 heavy (non-hydrogen) atoms. The summed E-state index contributed by atoms with van der Waals surface area (Å²) in [5.74, 6) is 0.259. The number of piperidine rings is 1. The molecule has 0 spiro atoms. The molecule has 2 fully saturated rings. The number of hydroxylamine groups is 1. The first-order valence-electron chi connectivity index (χ1n) is 12.3. The minimum atomic E-state index is -3.55. The number of nitrogens with one attached hydrogen (secondary N) is 2. The molecule has 190 valence electrons. The number of aromatic nitrogens is 1. The molecule has 0 bridgehead atoms. The third-order valence-electron chi connectivity index (χ3n) is 6.61. The predicted octanol–water partition coefficient (Wildman–Crippen LogP) is 3.69. The van der Waals surface area contributed by atoms with Crippen LogP contribution in [-0.2, 0) is 19.6 Å². The molecule has 10 heteroatoms. The Labute approximate surface area is 210 Å². The number of sulfonamides is 1. The van der Waals surface area contributed by atoms with Crippen LogP contribution in [0, 0.1) is 0 Å². The number of fused-ring (bicyclic) bond motifs is 1. The van der Waals surface area contributed by atoms with E-state index in [-0.39, 0.29) is 11.9 Å². The van der Waals surface area contributed by atoms with E-state index in [1.165, 1.54) is 6.20 Å². The summed E-state index contributed by atoms with van der Waals surface area (Å²) in [5, 5.41) is 5.28. The first kappa shape index (κ1) is 24.6. The van der Waals surface area contributed by atoms with Gasteiger partial charge < -0.3 is 10.1 Å². The van der Waals surface area contributed by atoms with E-state index in [0.29, 0.717) is 48.8 Å². The molecule has 3 aromatic rings. The fourth-order valence-corrected chi connectivity index (χ4v) is 6.03. The second-order valence-electron chi connectivity index (χ2n) is 9.11. The fraction of sp³-hybridized carbons (Fsp3) is 0.385. The summed E-state index contributed by atoms with van der Waals surface area (Å²) in [5.41, 5.74) is 2.81. The maximum Gasteiger partial charge on any atom is 0.276 e. The van der Waals surface area contributed by atoms with E-state index in [4.69, 9.17) is 9.57 Å². The average Bonchev–Trinajstić information content (AvgIpc) is 2.93. The number of hydrogen-bond donors (Lipinski definition) is 2. The first-order chi connectivity index (χ1) is 17.5. The van der Waals surface area contributed by atoms with Gasteiger partial charge in [-0.25, -0.2) is 23.7 Å². The van der Waals surface area contributed by atoms with Crippen molar-refractivity contribution in [3.63, 3.8) is 0 Å². The van der Waals surface area contributed by atoms with Crippen molar-refractivity contribution >= 4 is 32.5 Å². The summed E-state index contributed by atoms with van der Waals surface area (Å²) in [4.78, 5) is 22.3. The monoisotopic (exact) mass is 510 g/mol. The minimum Gasteiger partial charge on any atom is -0.367 e. The number of ether oxygens (including phenoxy) is 1. The Morgan fingerprint density at radius 2 is 1.81 bits per heavy atom. The molecule has 1 amide bonds. The highest BCUT2D eigenvalue weighted by atomic mass is 32.2. The Kier molecular flexibility index (Phi) is 7.47. The van der Waals surface area contributed by atoms with E-state index in [1.54, 1.807) is 28.6 Å². The van der Waals surface area contributed by atoms with Crippen molar-refractivity contribution in [3.8, 4) is 0 Å². The average molecular weight is 511 g/mol. The molecule has 1 atom stereocenters. The van der Waals surface area contributed by atoms with Crippen LogP contribution in [-0.4, -0.2) is 55.6 Å². The van der Waals surface area contributed by atoms with E-state index >= 15 is 0 Å². The highest BCUT2D eigenvalue weighted by Gasteiger charge is 2.29. The Bertz CT molecular complexity index is 1300. The van der Waals surface area contributed by atoms with Crippen molar-refractivity contribution < 1.29 is 22.8 Å². The second-order valence-corrected chi connectivity index (χ2v) is 11.0. The van der Waals surface area contributed by atoms with Crippen molar-refractivity contribution in [2.75, 3.05) is 25.0 Å². The number of pyridine rings is 1. The SMILES string of the molecule is O=C(NOC1CCCCO1)c1ccc(NC2CCN(S(=O)(=O)c3ccc4ccccc4c3)CC2)nc1. The number of carbonyl (C=O) groups excluding carboxylic acids is 1. The van der Waals surface area contributed by atoms with Crippen molar-refractivity contribution in [3.05, 3.63) is 66.4 Å². The molecule has 2 N–H and O–H groups in total. The van der Waals surface area contributed by atoms with Gasteiger partial charge in [0.2, 0.25) is 10.0 Å². The number of anilines is 1. The lowest BCUT2D eigenvalue weighted by Gasteiger charge is -2.32. The van der Waals surface area contributed by atoms with Gasteiger partial charge in [-0.1, -0.05) is 30.3 Å². The smallest absolute Gasteiger partial charge is 0.276 e. The number of amides is 1. The van der Waals surface area contributed by atoms with Crippen LogP contribution in [0.1, 0.15) is 42.5 Å². The lowest BCUT2D eigenvalue weighted by atomic mass is 10.1. The van der Waals surface area contributed by atoms with Crippen LogP contribution >= 0.6 is 0 Å². The van der Waals surface area contributed by atoms with Crippen LogP contribution in [0.15, 0.2) is 65.7 Å². The van der Waals surface area contributed by atoms with Gasteiger partial charge in [0, 0.05) is 38.4 Å². The van der Waals surface area contributed by atoms with Crippen LogP contribution < -0.4 is 10.8 Å². The highest BCUT2D eigenvalue weighted by Crippen LogP contribution is 2.25. The summed E-state index contributed by atoms with van der Waals surface area (Å²) in [6.45, 7) is 1.48. The van der Waals surface area contributed by atoms with Gasteiger partial charge in [0.05, 0.1) is 10.5 Å². The van der Waals surface area contributed by atoms with Crippen LogP contribution in [0.5, 0.6) is 0 Å². The van der Waals surface area contributed by atoms with Gasteiger partial charge in [-0.2, -0.15) is 4.31 Å². The topological polar surface area (TPSA) is 110 Å². The van der Waals surface area contributed by atoms with Crippen LogP contribution in [0.25, 0.3) is 10.8 Å². The highest BCUT2D eigenvalue weighted by molar-refractivity contribution is 7.89. The first-order valence-corrected chi connectivity index (χ1v) is 13.7. The molecule has 2 aliphatic rings. The number of rotatable bonds is 7. The van der Waals surface area contributed by atoms with E-state index in [2.05, 4.69) is 15.8 Å². The molecule has 2 saturated heterocycles. The van der Waals surface area contributed by atoms with Gasteiger partial charge >= 0.3 is 0 Å². The summed E-state index contributed by atoms with van der Waals surface area (Å²) < 4.78 is 33.4. The minimum absolute atomic E-state index is 0.0898. The lowest BCUT2D eigenvalue weighted by molar-refractivity contribution is -0.186. The molecule has 0 aliphatic carbocycles. The van der Waals surface area contributed by atoms with Crippen LogP contribution in [0.2, 0.25) is 0 Å². The predicted molar refractivity (Wildman–Crippen MR) is 136 cm³/mol. The van der Waals surface area contributed by atoms with E-state index in [0.717, 1.165) is 30.0 Å². The summed E-state index contributed by atoms with van der Waals surface area (Å²) in [6.07, 6.45) is 5.17. The van der Waals surface area contributed by atoms with Crippen LogP contribution in [0.3, 0.4) is 0 Å². The van der Waals surface area contributed by atoms with Gasteiger partial charge in [0.15, 0.2) is 6.29 Å².